The zero-order chi connectivity index (χ0) is 13.9. The van der Waals surface area contributed by atoms with E-state index in [2.05, 4.69) is 12.1 Å². The molecule has 0 saturated heterocycles. The topological polar surface area (TPSA) is 43.1 Å². The summed E-state index contributed by atoms with van der Waals surface area (Å²) in [7, 11) is 0. The van der Waals surface area contributed by atoms with Gasteiger partial charge in [-0.3, -0.25) is 0 Å². The quantitative estimate of drug-likeness (QED) is 0.497. The lowest BCUT2D eigenvalue weighted by atomic mass is 10.0. The first-order valence-electron chi connectivity index (χ1n) is 7.52. The molecule has 2 heteroatoms. The molecule has 0 aliphatic rings. The largest absolute Gasteiger partial charge is 0.399 e. The summed E-state index contributed by atoms with van der Waals surface area (Å²) >= 11 is 0. The lowest BCUT2D eigenvalue weighted by Crippen LogP contribution is -1.90. The second-order valence-electron chi connectivity index (χ2n) is 5.42. The third kappa shape index (κ3) is 8.41. The van der Waals surface area contributed by atoms with Crippen molar-refractivity contribution in [1.82, 2.24) is 0 Å². The summed E-state index contributed by atoms with van der Waals surface area (Å²) in [6.07, 6.45) is 10.6. The van der Waals surface area contributed by atoms with Gasteiger partial charge in [-0.25, -0.2) is 0 Å². The molecule has 0 fully saturated rings. The van der Waals surface area contributed by atoms with E-state index >= 15 is 0 Å². The Kier molecular flexibility index (Phi) is 7.95. The maximum Gasteiger partial charge on any atom is 0.129 e. The molecule has 1 aromatic carbocycles. The van der Waals surface area contributed by atoms with Gasteiger partial charge in [-0.2, -0.15) is 0 Å². The average molecular weight is 261 g/mol. The van der Waals surface area contributed by atoms with Crippen molar-refractivity contribution in [3.05, 3.63) is 29.8 Å². The summed E-state index contributed by atoms with van der Waals surface area (Å²) in [4.78, 5) is 10.8. The normalized spacial score (nSPS) is 10.6. The Morgan fingerprint density at radius 3 is 2.26 bits per heavy atom. The minimum atomic E-state index is 0.321. The van der Waals surface area contributed by atoms with Crippen LogP contribution in [0.2, 0.25) is 0 Å². The van der Waals surface area contributed by atoms with Gasteiger partial charge in [0.1, 0.15) is 5.78 Å². The summed E-state index contributed by atoms with van der Waals surface area (Å²) in [5, 5.41) is 0. The van der Waals surface area contributed by atoms with Crippen molar-refractivity contribution < 1.29 is 4.79 Å². The number of ketones is 1. The van der Waals surface area contributed by atoms with Crippen molar-refractivity contribution in [3.63, 3.8) is 0 Å². The van der Waals surface area contributed by atoms with Gasteiger partial charge in [0, 0.05) is 12.1 Å². The van der Waals surface area contributed by atoms with Crippen LogP contribution in [0.25, 0.3) is 0 Å². The van der Waals surface area contributed by atoms with E-state index in [1.807, 2.05) is 12.1 Å². The first kappa shape index (κ1) is 15.7. The Morgan fingerprint density at radius 2 is 1.63 bits per heavy atom. The van der Waals surface area contributed by atoms with Crippen LogP contribution in [0.5, 0.6) is 0 Å². The van der Waals surface area contributed by atoms with Crippen molar-refractivity contribution in [2.24, 2.45) is 0 Å². The molecule has 0 aliphatic carbocycles. The Balaban J connectivity index is 1.93. The van der Waals surface area contributed by atoms with Crippen molar-refractivity contribution in [1.29, 1.82) is 0 Å². The maximum atomic E-state index is 10.8. The molecule has 2 nitrogen and oxygen atoms in total. The van der Waals surface area contributed by atoms with Gasteiger partial charge >= 0.3 is 0 Å². The van der Waals surface area contributed by atoms with E-state index < -0.39 is 0 Å². The molecule has 0 aromatic heterocycles. The third-order valence-corrected chi connectivity index (χ3v) is 3.45. The number of carbonyl (C=O) groups excluding carboxylic acids is 1. The number of nitrogens with two attached hydrogens (primary N) is 1. The van der Waals surface area contributed by atoms with Crippen LogP contribution in [-0.2, 0) is 11.2 Å². The van der Waals surface area contributed by atoms with Crippen LogP contribution >= 0.6 is 0 Å². The van der Waals surface area contributed by atoms with Gasteiger partial charge in [-0.1, -0.05) is 44.2 Å². The van der Waals surface area contributed by atoms with Crippen molar-refractivity contribution in [2.75, 3.05) is 5.73 Å². The monoisotopic (exact) mass is 261 g/mol. The highest BCUT2D eigenvalue weighted by molar-refractivity contribution is 5.75. The fourth-order valence-electron chi connectivity index (χ4n) is 2.34. The standard InChI is InChI=1S/C17H27NO/c1-15(19)10-7-5-3-2-4-6-8-11-16-12-9-13-17(18)14-16/h9,12-14H,2-8,10-11,18H2,1H3. The van der Waals surface area contributed by atoms with E-state index in [0.29, 0.717) is 5.78 Å². The summed E-state index contributed by atoms with van der Waals surface area (Å²) < 4.78 is 0. The van der Waals surface area contributed by atoms with Gasteiger partial charge in [0.25, 0.3) is 0 Å². The summed E-state index contributed by atoms with van der Waals surface area (Å²) in [5.41, 5.74) is 7.97. The molecule has 19 heavy (non-hydrogen) atoms. The third-order valence-electron chi connectivity index (χ3n) is 3.45. The fraction of sp³-hybridized carbons (Fsp3) is 0.588. The number of carbonyl (C=O) groups is 1. The number of hydrogen-bond acceptors (Lipinski definition) is 2. The molecule has 1 aromatic rings. The molecule has 0 radical (unpaired) electrons. The highest BCUT2D eigenvalue weighted by Crippen LogP contribution is 2.13. The first-order chi connectivity index (χ1) is 9.18. The van der Waals surface area contributed by atoms with Gasteiger partial charge in [0.2, 0.25) is 0 Å². The predicted octanol–water partition coefficient (Wildman–Crippen LogP) is 4.52. The molecule has 0 spiro atoms. The molecule has 0 bridgehead atoms. The Bertz CT molecular complexity index is 373. The minimum Gasteiger partial charge on any atom is -0.399 e. The van der Waals surface area contributed by atoms with E-state index in [0.717, 1.165) is 24.9 Å². The van der Waals surface area contributed by atoms with E-state index in [-0.39, 0.29) is 0 Å². The highest BCUT2D eigenvalue weighted by Gasteiger charge is 1.96. The zero-order valence-electron chi connectivity index (χ0n) is 12.2. The van der Waals surface area contributed by atoms with Gasteiger partial charge in [0.05, 0.1) is 0 Å². The number of Topliss-reactive ketones (excluding diaryl/α,β-unsaturated/α-hetero) is 1. The van der Waals surface area contributed by atoms with Gasteiger partial charge in [-0.05, 0) is 43.9 Å². The number of nitrogen functional groups attached to an aromatic ring is 1. The number of aryl methyl sites for hydroxylation is 1. The molecule has 0 heterocycles. The summed E-state index contributed by atoms with van der Waals surface area (Å²) in [6, 6.07) is 8.18. The molecule has 0 saturated carbocycles. The predicted molar refractivity (Wildman–Crippen MR) is 82.2 cm³/mol. The van der Waals surface area contributed by atoms with Crippen LogP contribution in [0.15, 0.2) is 24.3 Å². The van der Waals surface area contributed by atoms with Crippen molar-refractivity contribution >= 4 is 11.5 Å². The first-order valence-corrected chi connectivity index (χ1v) is 7.52. The second kappa shape index (κ2) is 9.60. The van der Waals surface area contributed by atoms with Crippen molar-refractivity contribution in [3.8, 4) is 0 Å². The Labute approximate surface area is 117 Å². The number of rotatable bonds is 10. The van der Waals surface area contributed by atoms with Crippen LogP contribution in [0.3, 0.4) is 0 Å². The van der Waals surface area contributed by atoms with Gasteiger partial charge in [-0.15, -0.1) is 0 Å². The lowest BCUT2D eigenvalue weighted by molar-refractivity contribution is -0.117. The van der Waals surface area contributed by atoms with Gasteiger partial charge < -0.3 is 10.5 Å². The molecular weight excluding hydrogens is 234 g/mol. The highest BCUT2D eigenvalue weighted by atomic mass is 16.1. The van der Waals surface area contributed by atoms with E-state index in [1.165, 1.54) is 44.1 Å². The molecule has 0 atom stereocenters. The second-order valence-corrected chi connectivity index (χ2v) is 5.42. The molecule has 1 rings (SSSR count). The SMILES string of the molecule is CC(=O)CCCCCCCCCc1cccc(N)c1. The molecule has 106 valence electrons. The number of hydrogen-bond donors (Lipinski definition) is 1. The zero-order valence-corrected chi connectivity index (χ0v) is 12.2. The van der Waals surface area contributed by atoms with Crippen LogP contribution in [0.4, 0.5) is 5.69 Å². The number of anilines is 1. The van der Waals surface area contributed by atoms with Crippen LogP contribution in [0.1, 0.15) is 63.9 Å². The summed E-state index contributed by atoms with van der Waals surface area (Å²) in [5.74, 6) is 0.321. The lowest BCUT2D eigenvalue weighted by Gasteiger charge is -2.03. The maximum absolute atomic E-state index is 10.8. The molecule has 0 unspecified atom stereocenters. The van der Waals surface area contributed by atoms with E-state index in [1.54, 1.807) is 6.92 Å². The van der Waals surface area contributed by atoms with Crippen LogP contribution < -0.4 is 5.73 Å². The number of benzene rings is 1. The Morgan fingerprint density at radius 1 is 1.00 bits per heavy atom. The number of unbranched alkanes of at least 4 members (excludes halogenated alkanes) is 6. The fourth-order valence-corrected chi connectivity index (χ4v) is 2.34. The van der Waals surface area contributed by atoms with Crippen LogP contribution in [-0.4, -0.2) is 5.78 Å². The van der Waals surface area contributed by atoms with E-state index in [4.69, 9.17) is 5.73 Å². The van der Waals surface area contributed by atoms with E-state index in [9.17, 15) is 4.79 Å². The molecular formula is C17H27NO. The van der Waals surface area contributed by atoms with Crippen molar-refractivity contribution in [2.45, 2.75) is 64.7 Å². The smallest absolute Gasteiger partial charge is 0.129 e. The minimum absolute atomic E-state index is 0.321. The van der Waals surface area contributed by atoms with Gasteiger partial charge in [0.15, 0.2) is 0 Å². The Hall–Kier alpha value is -1.31. The molecule has 0 amide bonds. The molecule has 2 N–H and O–H groups in total. The molecule has 0 aliphatic heterocycles. The average Bonchev–Trinajstić information content (AvgIpc) is 2.36. The summed E-state index contributed by atoms with van der Waals surface area (Å²) in [6.45, 7) is 1.68. The van der Waals surface area contributed by atoms with Crippen LogP contribution in [0, 0.1) is 0 Å².